The Labute approximate surface area is 122 Å². The molecule has 0 spiro atoms. The summed E-state index contributed by atoms with van der Waals surface area (Å²) in [6.45, 7) is 17.6. The lowest BCUT2D eigenvalue weighted by Gasteiger charge is -2.27. The number of nitrogens with one attached hydrogen (secondary N) is 1. The number of aromatic nitrogens is 1. The molecule has 110 valence electrons. The smallest absolute Gasteiger partial charge is 0.185 e. The highest BCUT2D eigenvalue weighted by Crippen LogP contribution is 2.25. The third kappa shape index (κ3) is 5.11. The number of rotatable bonds is 7. The Bertz CT molecular complexity index is 364. The second-order valence-corrected chi connectivity index (χ2v) is 7.27. The molecule has 1 N–H and O–H groups in total. The number of nitrogens with zero attached hydrogens (tertiary/aromatic N) is 2. The van der Waals surface area contributed by atoms with Crippen molar-refractivity contribution in [2.24, 2.45) is 11.3 Å². The highest BCUT2D eigenvalue weighted by Gasteiger charge is 2.19. The normalized spacial score (nSPS) is 13.6. The fraction of sp³-hybridized carbons (Fsp3) is 0.800. The van der Waals surface area contributed by atoms with Crippen LogP contribution in [0.5, 0.6) is 0 Å². The topological polar surface area (TPSA) is 28.2 Å². The van der Waals surface area contributed by atoms with E-state index in [1.54, 1.807) is 11.3 Å². The minimum Gasteiger partial charge on any atom is -0.349 e. The second kappa shape index (κ2) is 7.25. The molecular weight excluding hydrogens is 254 g/mol. The first-order valence-electron chi connectivity index (χ1n) is 7.28. The lowest BCUT2D eigenvalue weighted by molar-refractivity contribution is 0.253. The molecule has 0 fully saturated rings. The highest BCUT2D eigenvalue weighted by atomic mass is 32.1. The molecule has 0 aliphatic heterocycles. The molecule has 1 aromatic heterocycles. The standard InChI is InChI=1S/C15H29N3S/c1-7-18(8-2)14-17-11-13(19-14)10-16-9-12(3)15(4,5)6/h11-12,16H,7-10H2,1-6H3. The van der Waals surface area contributed by atoms with Crippen LogP contribution in [0.2, 0.25) is 0 Å². The maximum Gasteiger partial charge on any atom is 0.185 e. The summed E-state index contributed by atoms with van der Waals surface area (Å²) in [5.74, 6) is 0.669. The van der Waals surface area contributed by atoms with Gasteiger partial charge in [0, 0.05) is 30.7 Å². The Balaban J connectivity index is 2.43. The SMILES string of the molecule is CCN(CC)c1ncc(CNCC(C)C(C)(C)C)s1. The molecule has 19 heavy (non-hydrogen) atoms. The van der Waals surface area contributed by atoms with Crippen LogP contribution in [-0.4, -0.2) is 24.6 Å². The number of hydrogen-bond acceptors (Lipinski definition) is 4. The van der Waals surface area contributed by atoms with Crippen LogP contribution in [0, 0.1) is 11.3 Å². The van der Waals surface area contributed by atoms with Crippen LogP contribution in [0.1, 0.15) is 46.4 Å². The van der Waals surface area contributed by atoms with Crippen molar-refractivity contribution in [3.05, 3.63) is 11.1 Å². The first-order chi connectivity index (χ1) is 8.88. The van der Waals surface area contributed by atoms with Crippen LogP contribution >= 0.6 is 11.3 Å². The maximum atomic E-state index is 4.51. The summed E-state index contributed by atoms with van der Waals surface area (Å²) in [5, 5.41) is 4.69. The summed E-state index contributed by atoms with van der Waals surface area (Å²) in [4.78, 5) is 8.13. The molecule has 1 heterocycles. The Morgan fingerprint density at radius 1 is 1.32 bits per heavy atom. The molecule has 0 saturated heterocycles. The molecule has 0 bridgehead atoms. The third-order valence-corrected chi connectivity index (χ3v) is 4.86. The van der Waals surface area contributed by atoms with Gasteiger partial charge >= 0.3 is 0 Å². The predicted octanol–water partition coefficient (Wildman–Crippen LogP) is 3.76. The maximum absolute atomic E-state index is 4.51. The molecule has 0 amide bonds. The number of thiazole rings is 1. The molecule has 0 aliphatic carbocycles. The summed E-state index contributed by atoms with van der Waals surface area (Å²) in [6.07, 6.45) is 2.01. The first kappa shape index (κ1) is 16.4. The molecule has 3 nitrogen and oxygen atoms in total. The zero-order valence-electron chi connectivity index (χ0n) is 13.3. The van der Waals surface area contributed by atoms with E-state index in [1.165, 1.54) is 4.88 Å². The molecule has 0 radical (unpaired) electrons. The van der Waals surface area contributed by atoms with Crippen molar-refractivity contribution in [1.29, 1.82) is 0 Å². The van der Waals surface area contributed by atoms with Gasteiger partial charge in [-0.05, 0) is 31.7 Å². The first-order valence-corrected chi connectivity index (χ1v) is 8.10. The quantitative estimate of drug-likeness (QED) is 0.826. The minimum absolute atomic E-state index is 0.368. The van der Waals surface area contributed by atoms with Crippen molar-refractivity contribution in [1.82, 2.24) is 10.3 Å². The van der Waals surface area contributed by atoms with Crippen molar-refractivity contribution < 1.29 is 0 Å². The van der Waals surface area contributed by atoms with Gasteiger partial charge in [-0.3, -0.25) is 0 Å². The molecule has 1 atom stereocenters. The monoisotopic (exact) mass is 283 g/mol. The third-order valence-electron chi connectivity index (χ3n) is 3.80. The van der Waals surface area contributed by atoms with Gasteiger partial charge in [-0.15, -0.1) is 11.3 Å². The van der Waals surface area contributed by atoms with Gasteiger partial charge in [0.1, 0.15) is 0 Å². The molecule has 4 heteroatoms. The van der Waals surface area contributed by atoms with E-state index in [0.717, 1.165) is 31.3 Å². The summed E-state index contributed by atoms with van der Waals surface area (Å²) in [6, 6.07) is 0. The van der Waals surface area contributed by atoms with E-state index in [1.807, 2.05) is 6.20 Å². The molecule has 1 rings (SSSR count). The van der Waals surface area contributed by atoms with Gasteiger partial charge in [-0.2, -0.15) is 0 Å². The lowest BCUT2D eigenvalue weighted by Crippen LogP contribution is -2.29. The molecule has 0 aromatic carbocycles. The summed E-state index contributed by atoms with van der Waals surface area (Å²) in [5.41, 5.74) is 0.368. The van der Waals surface area contributed by atoms with Gasteiger partial charge in [0.05, 0.1) is 0 Å². The zero-order valence-corrected chi connectivity index (χ0v) is 14.1. The van der Waals surface area contributed by atoms with E-state index in [-0.39, 0.29) is 0 Å². The Morgan fingerprint density at radius 3 is 2.47 bits per heavy atom. The fourth-order valence-electron chi connectivity index (χ4n) is 1.74. The number of anilines is 1. The highest BCUT2D eigenvalue weighted by molar-refractivity contribution is 7.15. The van der Waals surface area contributed by atoms with Crippen LogP contribution in [-0.2, 0) is 6.54 Å². The predicted molar refractivity (Wildman–Crippen MR) is 86.0 cm³/mol. The Kier molecular flexibility index (Phi) is 6.27. The second-order valence-electron chi connectivity index (χ2n) is 6.18. The molecule has 1 aromatic rings. The van der Waals surface area contributed by atoms with Crippen LogP contribution in [0.25, 0.3) is 0 Å². The molecule has 0 aliphatic rings. The van der Waals surface area contributed by atoms with E-state index in [4.69, 9.17) is 0 Å². The van der Waals surface area contributed by atoms with Crippen molar-refractivity contribution in [2.75, 3.05) is 24.5 Å². The van der Waals surface area contributed by atoms with E-state index in [0.29, 0.717) is 11.3 Å². The van der Waals surface area contributed by atoms with E-state index >= 15 is 0 Å². The summed E-state index contributed by atoms with van der Waals surface area (Å²) >= 11 is 1.80. The largest absolute Gasteiger partial charge is 0.349 e. The van der Waals surface area contributed by atoms with Crippen molar-refractivity contribution in [3.63, 3.8) is 0 Å². The van der Waals surface area contributed by atoms with Gasteiger partial charge < -0.3 is 10.2 Å². The average molecular weight is 283 g/mol. The summed E-state index contributed by atoms with van der Waals surface area (Å²) in [7, 11) is 0. The fourth-order valence-corrected chi connectivity index (χ4v) is 2.74. The minimum atomic E-state index is 0.368. The van der Waals surface area contributed by atoms with Gasteiger partial charge in [0.2, 0.25) is 0 Å². The van der Waals surface area contributed by atoms with Crippen molar-refractivity contribution in [2.45, 2.75) is 48.1 Å². The van der Waals surface area contributed by atoms with Crippen molar-refractivity contribution in [3.8, 4) is 0 Å². The van der Waals surface area contributed by atoms with Gasteiger partial charge in [0.25, 0.3) is 0 Å². The molecule has 0 saturated carbocycles. The van der Waals surface area contributed by atoms with E-state index < -0.39 is 0 Å². The van der Waals surface area contributed by atoms with E-state index in [2.05, 4.69) is 56.7 Å². The van der Waals surface area contributed by atoms with Crippen molar-refractivity contribution >= 4 is 16.5 Å². The Hall–Kier alpha value is -0.610. The Morgan fingerprint density at radius 2 is 1.95 bits per heavy atom. The average Bonchev–Trinajstić information content (AvgIpc) is 2.78. The van der Waals surface area contributed by atoms with Crippen LogP contribution in [0.15, 0.2) is 6.20 Å². The van der Waals surface area contributed by atoms with Crippen LogP contribution in [0.4, 0.5) is 5.13 Å². The van der Waals surface area contributed by atoms with Gasteiger partial charge in [-0.25, -0.2) is 4.98 Å². The van der Waals surface area contributed by atoms with Crippen LogP contribution < -0.4 is 10.2 Å². The zero-order chi connectivity index (χ0) is 14.5. The lowest BCUT2D eigenvalue weighted by atomic mass is 9.82. The van der Waals surface area contributed by atoms with Gasteiger partial charge in [0.15, 0.2) is 5.13 Å². The van der Waals surface area contributed by atoms with Gasteiger partial charge in [-0.1, -0.05) is 27.7 Å². The number of hydrogen-bond donors (Lipinski definition) is 1. The summed E-state index contributed by atoms with van der Waals surface area (Å²) < 4.78 is 0. The van der Waals surface area contributed by atoms with Crippen LogP contribution in [0.3, 0.4) is 0 Å². The molecule has 1 unspecified atom stereocenters. The molecular formula is C15H29N3S. The van der Waals surface area contributed by atoms with E-state index in [9.17, 15) is 0 Å².